The third kappa shape index (κ3) is 3.25. The molecule has 0 unspecified atom stereocenters. The van der Waals surface area contributed by atoms with Crippen molar-refractivity contribution in [2.75, 3.05) is 24.3 Å². The average molecular weight is 251 g/mol. The average Bonchev–Trinajstić information content (AvgIpc) is 2.40. The molecule has 0 heterocycles. The molecule has 19 heavy (non-hydrogen) atoms. The van der Waals surface area contributed by atoms with Crippen LogP contribution in [0.5, 0.6) is 0 Å². The Morgan fingerprint density at radius 3 is 2.21 bits per heavy atom. The SMILES string of the molecule is Cc1ccc(NC(C#N)=C(C#N)C#N)cc1N(C)C. The fourth-order valence-electron chi connectivity index (χ4n) is 1.60. The molecular weight excluding hydrogens is 238 g/mol. The van der Waals surface area contributed by atoms with Crippen LogP contribution in [0.1, 0.15) is 5.56 Å². The molecule has 1 aromatic rings. The predicted molar refractivity (Wildman–Crippen MR) is 73.0 cm³/mol. The van der Waals surface area contributed by atoms with Crippen molar-refractivity contribution in [1.29, 1.82) is 15.8 Å². The Balaban J connectivity index is 3.19. The van der Waals surface area contributed by atoms with E-state index in [4.69, 9.17) is 15.8 Å². The maximum absolute atomic E-state index is 8.97. The third-order valence-electron chi connectivity index (χ3n) is 2.55. The molecule has 0 amide bonds. The van der Waals surface area contributed by atoms with Crippen LogP contribution in [0.15, 0.2) is 29.5 Å². The number of rotatable bonds is 3. The van der Waals surface area contributed by atoms with E-state index in [2.05, 4.69) is 5.32 Å². The van der Waals surface area contributed by atoms with Gasteiger partial charge in [0.2, 0.25) is 0 Å². The molecule has 5 heteroatoms. The van der Waals surface area contributed by atoms with Crippen molar-refractivity contribution in [2.24, 2.45) is 0 Å². The molecule has 1 aromatic carbocycles. The number of benzene rings is 1. The van der Waals surface area contributed by atoms with E-state index in [1.807, 2.05) is 44.1 Å². The van der Waals surface area contributed by atoms with Gasteiger partial charge in [0.15, 0.2) is 5.57 Å². The Morgan fingerprint density at radius 2 is 1.74 bits per heavy atom. The molecule has 1 rings (SSSR count). The van der Waals surface area contributed by atoms with Crippen molar-refractivity contribution < 1.29 is 0 Å². The van der Waals surface area contributed by atoms with E-state index in [1.54, 1.807) is 18.2 Å². The van der Waals surface area contributed by atoms with Crippen molar-refractivity contribution in [2.45, 2.75) is 6.92 Å². The van der Waals surface area contributed by atoms with Crippen LogP contribution in [0.3, 0.4) is 0 Å². The molecule has 1 N–H and O–H groups in total. The first-order valence-corrected chi connectivity index (χ1v) is 5.53. The highest BCUT2D eigenvalue weighted by Crippen LogP contribution is 2.23. The number of hydrogen-bond donors (Lipinski definition) is 1. The summed E-state index contributed by atoms with van der Waals surface area (Å²) in [5.41, 5.74) is 2.48. The van der Waals surface area contributed by atoms with Gasteiger partial charge in [0.25, 0.3) is 0 Å². The lowest BCUT2D eigenvalue weighted by Crippen LogP contribution is -2.11. The largest absolute Gasteiger partial charge is 0.377 e. The normalized spacial score (nSPS) is 8.63. The standard InChI is InChI=1S/C14H13N5/c1-10-4-5-12(6-14(10)19(2)3)18-13(9-17)11(7-15)8-16/h4-6,18H,1-3H3. The molecular formula is C14H13N5. The Labute approximate surface area is 112 Å². The van der Waals surface area contributed by atoms with Gasteiger partial charge in [0.05, 0.1) is 0 Å². The molecule has 0 spiro atoms. The topological polar surface area (TPSA) is 86.6 Å². The van der Waals surface area contributed by atoms with Gasteiger partial charge in [-0.2, -0.15) is 15.8 Å². The van der Waals surface area contributed by atoms with Crippen molar-refractivity contribution in [3.8, 4) is 18.2 Å². The maximum atomic E-state index is 8.97. The zero-order valence-electron chi connectivity index (χ0n) is 11.0. The highest BCUT2D eigenvalue weighted by atomic mass is 15.1. The number of hydrogen-bond acceptors (Lipinski definition) is 5. The molecule has 0 aliphatic heterocycles. The van der Waals surface area contributed by atoms with Gasteiger partial charge < -0.3 is 10.2 Å². The second-order valence-corrected chi connectivity index (χ2v) is 4.11. The lowest BCUT2D eigenvalue weighted by molar-refractivity contribution is 1.11. The highest BCUT2D eigenvalue weighted by molar-refractivity contribution is 5.66. The summed E-state index contributed by atoms with van der Waals surface area (Å²) in [6.45, 7) is 1.98. The maximum Gasteiger partial charge on any atom is 0.163 e. The van der Waals surface area contributed by atoms with Crippen molar-refractivity contribution in [3.05, 3.63) is 35.0 Å². The van der Waals surface area contributed by atoms with Gasteiger partial charge in [0, 0.05) is 25.5 Å². The van der Waals surface area contributed by atoms with Gasteiger partial charge in [-0.25, -0.2) is 0 Å². The molecule has 0 bridgehead atoms. The third-order valence-corrected chi connectivity index (χ3v) is 2.55. The second kappa shape index (κ2) is 6.10. The van der Waals surface area contributed by atoms with E-state index in [0.717, 1.165) is 11.3 Å². The Bertz CT molecular complexity index is 619. The first kappa shape index (κ1) is 14.1. The monoisotopic (exact) mass is 251 g/mol. The quantitative estimate of drug-likeness (QED) is 0.833. The zero-order chi connectivity index (χ0) is 14.4. The van der Waals surface area contributed by atoms with Crippen LogP contribution in [-0.2, 0) is 0 Å². The fraction of sp³-hybridized carbons (Fsp3) is 0.214. The number of nitriles is 3. The van der Waals surface area contributed by atoms with E-state index in [-0.39, 0.29) is 11.3 Å². The van der Waals surface area contributed by atoms with Gasteiger partial charge in [-0.05, 0) is 24.6 Å². The second-order valence-electron chi connectivity index (χ2n) is 4.11. The molecule has 0 aliphatic carbocycles. The lowest BCUT2D eigenvalue weighted by Gasteiger charge is -2.17. The summed E-state index contributed by atoms with van der Waals surface area (Å²) < 4.78 is 0. The molecule has 0 fully saturated rings. The van der Waals surface area contributed by atoms with E-state index < -0.39 is 0 Å². The van der Waals surface area contributed by atoms with E-state index in [0.29, 0.717) is 5.69 Å². The summed E-state index contributed by atoms with van der Waals surface area (Å²) in [5, 5.41) is 29.3. The summed E-state index contributed by atoms with van der Waals surface area (Å²) in [6, 6.07) is 10.8. The van der Waals surface area contributed by atoms with Crippen LogP contribution in [-0.4, -0.2) is 14.1 Å². The predicted octanol–water partition coefficient (Wildman–Crippen LogP) is 2.30. The van der Waals surface area contributed by atoms with Gasteiger partial charge in [-0.1, -0.05) is 6.07 Å². The van der Waals surface area contributed by atoms with Crippen LogP contribution in [0.2, 0.25) is 0 Å². The summed E-state index contributed by atoms with van der Waals surface area (Å²) in [4.78, 5) is 1.95. The minimum Gasteiger partial charge on any atom is -0.377 e. The minimum absolute atomic E-state index is 0.0430. The number of nitrogens with zero attached hydrogens (tertiary/aromatic N) is 4. The van der Waals surface area contributed by atoms with Crippen molar-refractivity contribution in [3.63, 3.8) is 0 Å². The molecule has 0 saturated heterocycles. The van der Waals surface area contributed by atoms with Gasteiger partial charge >= 0.3 is 0 Å². The molecule has 0 atom stereocenters. The van der Waals surface area contributed by atoms with Crippen molar-refractivity contribution >= 4 is 11.4 Å². The van der Waals surface area contributed by atoms with Crippen LogP contribution in [0.4, 0.5) is 11.4 Å². The highest BCUT2D eigenvalue weighted by Gasteiger charge is 2.08. The Hall–Kier alpha value is -2.97. The fourth-order valence-corrected chi connectivity index (χ4v) is 1.60. The summed E-state index contributed by atoms with van der Waals surface area (Å²) in [6.07, 6.45) is 0. The van der Waals surface area contributed by atoms with Crippen LogP contribution >= 0.6 is 0 Å². The van der Waals surface area contributed by atoms with E-state index in [9.17, 15) is 0 Å². The molecule has 5 nitrogen and oxygen atoms in total. The lowest BCUT2D eigenvalue weighted by atomic mass is 10.1. The van der Waals surface area contributed by atoms with Crippen molar-refractivity contribution in [1.82, 2.24) is 0 Å². The Kier molecular flexibility index (Phi) is 4.52. The first-order valence-electron chi connectivity index (χ1n) is 5.53. The smallest absolute Gasteiger partial charge is 0.163 e. The van der Waals surface area contributed by atoms with Gasteiger partial charge in [-0.15, -0.1) is 0 Å². The molecule has 0 aliphatic rings. The number of allylic oxidation sites excluding steroid dienone is 2. The molecule has 0 radical (unpaired) electrons. The number of aryl methyl sites for hydroxylation is 1. The van der Waals surface area contributed by atoms with Gasteiger partial charge in [0.1, 0.15) is 23.9 Å². The molecule has 0 saturated carbocycles. The van der Waals surface area contributed by atoms with Crippen LogP contribution < -0.4 is 10.2 Å². The van der Waals surface area contributed by atoms with E-state index >= 15 is 0 Å². The molecule has 0 aromatic heterocycles. The first-order chi connectivity index (χ1) is 9.03. The van der Waals surface area contributed by atoms with Crippen LogP contribution in [0, 0.1) is 40.9 Å². The summed E-state index contributed by atoms with van der Waals surface area (Å²) in [5.74, 6) is 0. The van der Waals surface area contributed by atoms with Gasteiger partial charge in [-0.3, -0.25) is 0 Å². The van der Waals surface area contributed by atoms with Crippen LogP contribution in [0.25, 0.3) is 0 Å². The number of anilines is 2. The number of nitrogens with one attached hydrogen (secondary N) is 1. The molecule has 94 valence electrons. The zero-order valence-corrected chi connectivity index (χ0v) is 11.0. The Morgan fingerprint density at radius 1 is 1.11 bits per heavy atom. The summed E-state index contributed by atoms with van der Waals surface area (Å²) in [7, 11) is 3.84. The van der Waals surface area contributed by atoms with E-state index in [1.165, 1.54) is 0 Å². The summed E-state index contributed by atoms with van der Waals surface area (Å²) >= 11 is 0. The minimum atomic E-state index is -0.227.